The highest BCUT2D eigenvalue weighted by molar-refractivity contribution is 5.83. The van der Waals surface area contributed by atoms with Crippen LogP contribution in [-0.2, 0) is 22.7 Å². The maximum Gasteiger partial charge on any atom is 0.225 e. The molecule has 2 amide bonds. The van der Waals surface area contributed by atoms with Crippen LogP contribution in [0, 0.1) is 5.92 Å². The van der Waals surface area contributed by atoms with E-state index in [1.165, 1.54) is 0 Å². The molecule has 2 aromatic carbocycles. The van der Waals surface area contributed by atoms with Crippen LogP contribution in [0.1, 0.15) is 24.0 Å². The van der Waals surface area contributed by atoms with Gasteiger partial charge < -0.3 is 15.2 Å². The van der Waals surface area contributed by atoms with Gasteiger partial charge in [-0.15, -0.1) is 0 Å². The van der Waals surface area contributed by atoms with Crippen LogP contribution >= 0.6 is 0 Å². The Morgan fingerprint density at radius 3 is 2.89 bits per heavy atom. The summed E-state index contributed by atoms with van der Waals surface area (Å²) in [7, 11) is 0. The molecule has 1 saturated heterocycles. The number of rotatable bonds is 5. The first-order chi connectivity index (χ1) is 13.2. The molecule has 1 aromatic heterocycles. The first-order valence-electron chi connectivity index (χ1n) is 9.21. The second kappa shape index (κ2) is 7.61. The molecule has 1 atom stereocenters. The third-order valence-corrected chi connectivity index (χ3v) is 4.97. The van der Waals surface area contributed by atoms with Crippen LogP contribution in [0.4, 0.5) is 0 Å². The lowest BCUT2D eigenvalue weighted by molar-refractivity contribution is -0.129. The Kier molecular flexibility index (Phi) is 4.87. The highest BCUT2D eigenvalue weighted by atomic mass is 16.2. The Morgan fingerprint density at radius 1 is 1.19 bits per heavy atom. The van der Waals surface area contributed by atoms with E-state index in [2.05, 4.69) is 38.4 Å². The minimum Gasteiger partial charge on any atom is -0.355 e. The number of nitrogens with zero attached hydrogens (tertiary/aromatic N) is 2. The van der Waals surface area contributed by atoms with E-state index in [-0.39, 0.29) is 17.7 Å². The SMILES string of the molecule is O=C1CC[C@@H](C(=O)NCc2cccc(Cn3cnc4ccccc43)c2)CN1. The normalized spacial score (nSPS) is 16.9. The molecule has 0 radical (unpaired) electrons. The van der Waals surface area contributed by atoms with Gasteiger partial charge in [-0.05, 0) is 29.7 Å². The maximum absolute atomic E-state index is 12.3. The lowest BCUT2D eigenvalue weighted by Gasteiger charge is -2.21. The monoisotopic (exact) mass is 362 g/mol. The molecule has 1 fully saturated rings. The number of amides is 2. The maximum atomic E-state index is 12.3. The third-order valence-electron chi connectivity index (χ3n) is 4.97. The summed E-state index contributed by atoms with van der Waals surface area (Å²) in [5.41, 5.74) is 4.32. The van der Waals surface area contributed by atoms with Crippen molar-refractivity contribution in [3.63, 3.8) is 0 Å². The van der Waals surface area contributed by atoms with Gasteiger partial charge >= 0.3 is 0 Å². The third kappa shape index (κ3) is 4.00. The van der Waals surface area contributed by atoms with Crippen molar-refractivity contribution in [2.75, 3.05) is 6.54 Å². The van der Waals surface area contributed by atoms with Crippen molar-refractivity contribution in [1.82, 2.24) is 20.2 Å². The van der Waals surface area contributed by atoms with E-state index in [4.69, 9.17) is 0 Å². The average Bonchev–Trinajstić information content (AvgIpc) is 3.10. The number of aromatic nitrogens is 2. The zero-order valence-electron chi connectivity index (χ0n) is 15.0. The largest absolute Gasteiger partial charge is 0.355 e. The number of fused-ring (bicyclic) bond motifs is 1. The van der Waals surface area contributed by atoms with Gasteiger partial charge in [-0.3, -0.25) is 9.59 Å². The molecule has 0 bridgehead atoms. The first kappa shape index (κ1) is 17.3. The summed E-state index contributed by atoms with van der Waals surface area (Å²) in [4.78, 5) is 27.9. The topological polar surface area (TPSA) is 76.0 Å². The Morgan fingerprint density at radius 2 is 2.04 bits per heavy atom. The zero-order valence-corrected chi connectivity index (χ0v) is 15.0. The molecule has 138 valence electrons. The van der Waals surface area contributed by atoms with Crippen LogP contribution in [0.15, 0.2) is 54.9 Å². The molecule has 2 heterocycles. The van der Waals surface area contributed by atoms with Crippen LogP contribution in [0.2, 0.25) is 0 Å². The number of hydrogen-bond acceptors (Lipinski definition) is 3. The molecule has 0 unspecified atom stereocenters. The fourth-order valence-electron chi connectivity index (χ4n) is 3.46. The van der Waals surface area contributed by atoms with Gasteiger partial charge in [0.2, 0.25) is 11.8 Å². The van der Waals surface area contributed by atoms with E-state index in [1.54, 1.807) is 0 Å². The Hall–Kier alpha value is -3.15. The molecule has 27 heavy (non-hydrogen) atoms. The molecule has 0 aliphatic carbocycles. The predicted octanol–water partition coefficient (Wildman–Crippen LogP) is 2.23. The van der Waals surface area contributed by atoms with Gasteiger partial charge in [0.1, 0.15) is 0 Å². The second-order valence-corrected chi connectivity index (χ2v) is 6.94. The molecule has 1 aliphatic rings. The van der Waals surface area contributed by atoms with Crippen molar-refractivity contribution < 1.29 is 9.59 Å². The summed E-state index contributed by atoms with van der Waals surface area (Å²) in [5.74, 6) is -0.108. The van der Waals surface area contributed by atoms with Gasteiger partial charge in [0.15, 0.2) is 0 Å². The summed E-state index contributed by atoms with van der Waals surface area (Å²) in [6.07, 6.45) is 2.90. The average molecular weight is 362 g/mol. The van der Waals surface area contributed by atoms with Gasteiger partial charge in [-0.25, -0.2) is 4.98 Å². The summed E-state index contributed by atoms with van der Waals surface area (Å²) < 4.78 is 2.12. The van der Waals surface area contributed by atoms with Crippen molar-refractivity contribution in [2.45, 2.75) is 25.9 Å². The fourth-order valence-corrected chi connectivity index (χ4v) is 3.46. The number of benzene rings is 2. The van der Waals surface area contributed by atoms with Crippen molar-refractivity contribution in [2.24, 2.45) is 5.92 Å². The van der Waals surface area contributed by atoms with E-state index < -0.39 is 0 Å². The van der Waals surface area contributed by atoms with Gasteiger partial charge in [-0.2, -0.15) is 0 Å². The highest BCUT2D eigenvalue weighted by Gasteiger charge is 2.23. The van der Waals surface area contributed by atoms with Crippen LogP contribution in [-0.4, -0.2) is 27.9 Å². The minimum absolute atomic E-state index is 0.000932. The van der Waals surface area contributed by atoms with E-state index in [0.29, 0.717) is 25.9 Å². The second-order valence-electron chi connectivity index (χ2n) is 6.94. The number of piperidine rings is 1. The van der Waals surface area contributed by atoms with Gasteiger partial charge in [-0.1, -0.05) is 36.4 Å². The molecule has 0 spiro atoms. The van der Waals surface area contributed by atoms with Crippen LogP contribution in [0.3, 0.4) is 0 Å². The number of carbonyl (C=O) groups excluding carboxylic acids is 2. The fraction of sp³-hybridized carbons (Fsp3) is 0.286. The van der Waals surface area contributed by atoms with Crippen LogP contribution < -0.4 is 10.6 Å². The Labute approximate surface area is 157 Å². The summed E-state index contributed by atoms with van der Waals surface area (Å²) >= 11 is 0. The Bertz CT molecular complexity index is 969. The molecule has 3 aromatic rings. The number of para-hydroxylation sites is 2. The summed E-state index contributed by atoms with van der Waals surface area (Å²) in [5, 5.41) is 5.74. The van der Waals surface area contributed by atoms with E-state index >= 15 is 0 Å². The van der Waals surface area contributed by atoms with Gasteiger partial charge in [0.05, 0.1) is 23.3 Å². The van der Waals surface area contributed by atoms with Crippen LogP contribution in [0.25, 0.3) is 11.0 Å². The number of carbonyl (C=O) groups is 2. The van der Waals surface area contributed by atoms with Crippen LogP contribution in [0.5, 0.6) is 0 Å². The van der Waals surface area contributed by atoms with Crippen molar-refractivity contribution in [3.8, 4) is 0 Å². The molecule has 2 N–H and O–H groups in total. The van der Waals surface area contributed by atoms with E-state index in [1.807, 2.05) is 36.7 Å². The van der Waals surface area contributed by atoms with E-state index in [0.717, 1.165) is 28.7 Å². The van der Waals surface area contributed by atoms with Crippen molar-refractivity contribution in [3.05, 3.63) is 66.0 Å². The number of imidazole rings is 1. The Balaban J connectivity index is 1.39. The summed E-state index contributed by atoms with van der Waals surface area (Å²) in [6, 6.07) is 16.3. The molecule has 1 aliphatic heterocycles. The van der Waals surface area contributed by atoms with Crippen molar-refractivity contribution >= 4 is 22.8 Å². The molecule has 6 heteroatoms. The van der Waals surface area contributed by atoms with Gasteiger partial charge in [0.25, 0.3) is 0 Å². The standard InChI is InChI=1S/C21H22N4O2/c26-20-9-8-17(12-22-20)21(27)23-11-15-4-3-5-16(10-15)13-25-14-24-18-6-1-2-7-19(18)25/h1-7,10,14,17H,8-9,11-13H2,(H,22,26)(H,23,27)/t17-/m1/s1. The van der Waals surface area contributed by atoms with E-state index in [9.17, 15) is 9.59 Å². The highest BCUT2D eigenvalue weighted by Crippen LogP contribution is 2.15. The molecule has 0 saturated carbocycles. The molecule has 4 rings (SSSR count). The molecular formula is C21H22N4O2. The minimum atomic E-state index is -0.136. The summed E-state index contributed by atoms with van der Waals surface area (Å²) in [6.45, 7) is 1.65. The predicted molar refractivity (Wildman–Crippen MR) is 103 cm³/mol. The number of hydrogen-bond donors (Lipinski definition) is 2. The lowest BCUT2D eigenvalue weighted by atomic mass is 9.98. The molecule has 6 nitrogen and oxygen atoms in total. The lowest BCUT2D eigenvalue weighted by Crippen LogP contribution is -2.42. The van der Waals surface area contributed by atoms with Crippen molar-refractivity contribution in [1.29, 1.82) is 0 Å². The quantitative estimate of drug-likeness (QED) is 0.731. The smallest absolute Gasteiger partial charge is 0.225 e. The molecular weight excluding hydrogens is 340 g/mol. The first-order valence-corrected chi connectivity index (χ1v) is 9.21. The van der Waals surface area contributed by atoms with Gasteiger partial charge in [0, 0.05) is 26.1 Å². The zero-order chi connectivity index (χ0) is 18.6. The number of nitrogens with one attached hydrogen (secondary N) is 2.